The Bertz CT molecular complexity index is 605. The molecule has 1 amide bonds. The zero-order valence-corrected chi connectivity index (χ0v) is 12.5. The van der Waals surface area contributed by atoms with Crippen molar-refractivity contribution >= 4 is 11.6 Å². The van der Waals surface area contributed by atoms with Gasteiger partial charge in [0.15, 0.2) is 0 Å². The third-order valence-electron chi connectivity index (χ3n) is 3.09. The van der Waals surface area contributed by atoms with Crippen LogP contribution in [-0.2, 0) is 18.4 Å². The molecule has 0 spiro atoms. The molecular weight excluding hydrogens is 268 g/mol. The van der Waals surface area contributed by atoms with Crippen molar-refractivity contribution in [3.8, 4) is 5.75 Å². The molecule has 6 heteroatoms. The number of rotatable bonds is 6. The van der Waals surface area contributed by atoms with Gasteiger partial charge in [-0.05, 0) is 31.2 Å². The highest BCUT2D eigenvalue weighted by molar-refractivity contribution is 5.92. The van der Waals surface area contributed by atoms with Crippen LogP contribution in [-0.4, -0.2) is 29.3 Å². The van der Waals surface area contributed by atoms with Crippen molar-refractivity contribution in [1.29, 1.82) is 0 Å². The number of hydrogen-bond donors (Lipinski definition) is 2. The summed E-state index contributed by atoms with van der Waals surface area (Å²) in [5, 5.41) is 10.2. The Labute approximate surface area is 124 Å². The first-order chi connectivity index (χ1) is 10.1. The number of amides is 1. The molecule has 0 saturated carbocycles. The van der Waals surface area contributed by atoms with Crippen LogP contribution < -0.4 is 15.4 Å². The fourth-order valence-electron chi connectivity index (χ4n) is 2.01. The Hall–Kier alpha value is -2.34. The van der Waals surface area contributed by atoms with Gasteiger partial charge in [0.25, 0.3) is 0 Å². The lowest BCUT2D eigenvalue weighted by molar-refractivity contribution is -0.115. The molecule has 0 unspecified atom stereocenters. The van der Waals surface area contributed by atoms with Gasteiger partial charge in [-0.2, -0.15) is 5.10 Å². The Morgan fingerprint density at radius 2 is 2.05 bits per heavy atom. The van der Waals surface area contributed by atoms with E-state index in [9.17, 15) is 4.79 Å². The van der Waals surface area contributed by atoms with E-state index in [1.54, 1.807) is 11.8 Å². The number of aryl methyl sites for hydroxylation is 2. The minimum atomic E-state index is -0.0817. The second-order valence-electron chi connectivity index (χ2n) is 4.79. The summed E-state index contributed by atoms with van der Waals surface area (Å²) in [4.78, 5) is 11.8. The zero-order valence-electron chi connectivity index (χ0n) is 12.5. The molecule has 1 aromatic heterocycles. The van der Waals surface area contributed by atoms with Crippen LogP contribution in [0.25, 0.3) is 0 Å². The number of carbonyl (C=O) groups excluding carboxylic acids is 1. The van der Waals surface area contributed by atoms with E-state index in [1.807, 2.05) is 44.4 Å². The monoisotopic (exact) mass is 288 g/mol. The molecule has 112 valence electrons. The smallest absolute Gasteiger partial charge is 0.238 e. The van der Waals surface area contributed by atoms with Crippen molar-refractivity contribution in [2.24, 2.45) is 7.05 Å². The molecule has 0 aliphatic heterocycles. The minimum Gasteiger partial charge on any atom is -0.497 e. The predicted octanol–water partition coefficient (Wildman–Crippen LogP) is 1.47. The maximum atomic E-state index is 11.8. The molecule has 0 radical (unpaired) electrons. The predicted molar refractivity (Wildman–Crippen MR) is 81.3 cm³/mol. The molecule has 0 saturated heterocycles. The SMILES string of the molecule is COc1ccc(NC(=O)CNCc2cn(C)nc2C)cc1. The summed E-state index contributed by atoms with van der Waals surface area (Å²) in [6, 6.07) is 7.23. The number of nitrogens with one attached hydrogen (secondary N) is 2. The van der Waals surface area contributed by atoms with Crippen molar-refractivity contribution < 1.29 is 9.53 Å². The highest BCUT2D eigenvalue weighted by Gasteiger charge is 2.05. The average Bonchev–Trinajstić information content (AvgIpc) is 2.78. The van der Waals surface area contributed by atoms with E-state index in [0.29, 0.717) is 6.54 Å². The molecule has 1 heterocycles. The lowest BCUT2D eigenvalue weighted by atomic mass is 10.2. The van der Waals surface area contributed by atoms with Gasteiger partial charge in [0.2, 0.25) is 5.91 Å². The molecule has 0 aliphatic carbocycles. The van der Waals surface area contributed by atoms with Crippen LogP contribution in [0.5, 0.6) is 5.75 Å². The molecule has 0 bridgehead atoms. The van der Waals surface area contributed by atoms with Crippen LogP contribution in [0.15, 0.2) is 30.5 Å². The van der Waals surface area contributed by atoms with E-state index in [4.69, 9.17) is 4.74 Å². The van der Waals surface area contributed by atoms with Crippen LogP contribution in [0, 0.1) is 6.92 Å². The molecule has 2 rings (SSSR count). The first kappa shape index (κ1) is 15.1. The van der Waals surface area contributed by atoms with E-state index in [2.05, 4.69) is 15.7 Å². The number of ether oxygens (including phenoxy) is 1. The number of carbonyl (C=O) groups is 1. The van der Waals surface area contributed by atoms with Crippen LogP contribution >= 0.6 is 0 Å². The number of anilines is 1. The van der Waals surface area contributed by atoms with Gasteiger partial charge in [0, 0.05) is 31.0 Å². The number of hydrogen-bond acceptors (Lipinski definition) is 4. The fraction of sp³-hybridized carbons (Fsp3) is 0.333. The molecule has 6 nitrogen and oxygen atoms in total. The van der Waals surface area contributed by atoms with E-state index in [1.165, 1.54) is 0 Å². The maximum absolute atomic E-state index is 11.8. The van der Waals surface area contributed by atoms with Crippen molar-refractivity contribution in [3.63, 3.8) is 0 Å². The molecule has 2 aromatic rings. The number of benzene rings is 1. The summed E-state index contributed by atoms with van der Waals surface area (Å²) in [7, 11) is 3.49. The number of nitrogens with zero attached hydrogens (tertiary/aromatic N) is 2. The van der Waals surface area contributed by atoms with Gasteiger partial charge in [-0.15, -0.1) is 0 Å². The van der Waals surface area contributed by atoms with Crippen molar-refractivity contribution in [1.82, 2.24) is 15.1 Å². The number of aromatic nitrogens is 2. The summed E-state index contributed by atoms with van der Waals surface area (Å²) in [5.41, 5.74) is 2.82. The van der Waals surface area contributed by atoms with Crippen LogP contribution in [0.3, 0.4) is 0 Å². The Morgan fingerprint density at radius 1 is 1.33 bits per heavy atom. The van der Waals surface area contributed by atoms with Crippen LogP contribution in [0.4, 0.5) is 5.69 Å². The molecule has 2 N–H and O–H groups in total. The summed E-state index contributed by atoms with van der Waals surface area (Å²) in [6.07, 6.45) is 1.95. The second kappa shape index (κ2) is 6.90. The Balaban J connectivity index is 1.78. The quantitative estimate of drug-likeness (QED) is 0.844. The summed E-state index contributed by atoms with van der Waals surface area (Å²) in [5.74, 6) is 0.680. The standard InChI is InChI=1S/C15H20N4O2/c1-11-12(10-19(2)18-11)8-16-9-15(20)17-13-4-6-14(21-3)7-5-13/h4-7,10,16H,8-9H2,1-3H3,(H,17,20). The highest BCUT2D eigenvalue weighted by atomic mass is 16.5. The fourth-order valence-corrected chi connectivity index (χ4v) is 2.01. The summed E-state index contributed by atoms with van der Waals surface area (Å²) >= 11 is 0. The third kappa shape index (κ3) is 4.32. The van der Waals surface area contributed by atoms with Crippen LogP contribution in [0.2, 0.25) is 0 Å². The molecule has 0 atom stereocenters. The van der Waals surface area contributed by atoms with Gasteiger partial charge in [0.1, 0.15) is 5.75 Å². The molecule has 0 fully saturated rings. The van der Waals surface area contributed by atoms with Gasteiger partial charge in [0.05, 0.1) is 19.3 Å². The largest absolute Gasteiger partial charge is 0.497 e. The first-order valence-electron chi connectivity index (χ1n) is 6.72. The minimum absolute atomic E-state index is 0.0817. The lowest BCUT2D eigenvalue weighted by Gasteiger charge is -2.07. The Morgan fingerprint density at radius 3 is 2.62 bits per heavy atom. The maximum Gasteiger partial charge on any atom is 0.238 e. The van der Waals surface area contributed by atoms with Crippen molar-refractivity contribution in [2.45, 2.75) is 13.5 Å². The molecule has 1 aromatic carbocycles. The van der Waals surface area contributed by atoms with Gasteiger partial charge < -0.3 is 15.4 Å². The van der Waals surface area contributed by atoms with Gasteiger partial charge in [-0.3, -0.25) is 9.48 Å². The van der Waals surface area contributed by atoms with Gasteiger partial charge >= 0.3 is 0 Å². The number of methoxy groups -OCH3 is 1. The van der Waals surface area contributed by atoms with Crippen molar-refractivity contribution in [2.75, 3.05) is 19.0 Å². The van der Waals surface area contributed by atoms with Gasteiger partial charge in [-0.1, -0.05) is 0 Å². The van der Waals surface area contributed by atoms with E-state index < -0.39 is 0 Å². The first-order valence-corrected chi connectivity index (χ1v) is 6.72. The van der Waals surface area contributed by atoms with E-state index >= 15 is 0 Å². The molecule has 0 aliphatic rings. The molecule has 21 heavy (non-hydrogen) atoms. The topological polar surface area (TPSA) is 68.2 Å². The summed E-state index contributed by atoms with van der Waals surface area (Å²) in [6.45, 7) is 2.82. The highest BCUT2D eigenvalue weighted by Crippen LogP contribution is 2.14. The van der Waals surface area contributed by atoms with Gasteiger partial charge in [-0.25, -0.2) is 0 Å². The second-order valence-corrected chi connectivity index (χ2v) is 4.79. The summed E-state index contributed by atoms with van der Waals surface area (Å²) < 4.78 is 6.84. The van der Waals surface area contributed by atoms with E-state index in [-0.39, 0.29) is 12.5 Å². The third-order valence-corrected chi connectivity index (χ3v) is 3.09. The van der Waals surface area contributed by atoms with Crippen molar-refractivity contribution in [3.05, 3.63) is 41.7 Å². The average molecular weight is 288 g/mol. The molecular formula is C15H20N4O2. The lowest BCUT2D eigenvalue weighted by Crippen LogP contribution is -2.27. The normalized spacial score (nSPS) is 10.4. The van der Waals surface area contributed by atoms with E-state index in [0.717, 1.165) is 22.7 Å². The zero-order chi connectivity index (χ0) is 15.2. The van der Waals surface area contributed by atoms with Crippen LogP contribution in [0.1, 0.15) is 11.3 Å². The Kier molecular flexibility index (Phi) is 4.94.